The smallest absolute Gasteiger partial charge is 0.254 e. The van der Waals surface area contributed by atoms with Gasteiger partial charge in [0.15, 0.2) is 5.65 Å². The van der Waals surface area contributed by atoms with Crippen LogP contribution in [-0.2, 0) is 0 Å². The Labute approximate surface area is 181 Å². The number of carbonyl (C=O) groups is 1. The number of nitrogens with zero attached hydrogens (tertiary/aromatic N) is 6. The maximum Gasteiger partial charge on any atom is 0.254 e. The van der Waals surface area contributed by atoms with Crippen molar-refractivity contribution in [2.75, 3.05) is 24.5 Å². The molecule has 7 heteroatoms. The highest BCUT2D eigenvalue weighted by molar-refractivity contribution is 5.95. The first kappa shape index (κ1) is 19.5. The Balaban J connectivity index is 1.52. The summed E-state index contributed by atoms with van der Waals surface area (Å²) in [4.78, 5) is 22.2. The van der Waals surface area contributed by atoms with Gasteiger partial charge in [0.25, 0.3) is 5.91 Å². The zero-order chi connectivity index (χ0) is 21.5. The Morgan fingerprint density at radius 1 is 1.00 bits per heavy atom. The van der Waals surface area contributed by atoms with Crippen molar-refractivity contribution < 1.29 is 4.79 Å². The number of benzene rings is 2. The van der Waals surface area contributed by atoms with E-state index in [4.69, 9.17) is 4.98 Å². The molecule has 5 rings (SSSR count). The van der Waals surface area contributed by atoms with Gasteiger partial charge >= 0.3 is 0 Å². The number of aromatic nitrogens is 4. The third kappa shape index (κ3) is 3.30. The molecule has 4 aromatic rings. The minimum atomic E-state index is 0.0590. The van der Waals surface area contributed by atoms with E-state index in [1.165, 1.54) is 0 Å². The molecule has 1 atom stereocenters. The number of rotatable bonds is 3. The summed E-state index contributed by atoms with van der Waals surface area (Å²) in [6, 6.07) is 17.6. The Kier molecular flexibility index (Phi) is 4.81. The molecule has 0 N–H and O–H groups in total. The minimum Gasteiger partial charge on any atom is -0.338 e. The number of anilines is 1. The van der Waals surface area contributed by atoms with Crippen molar-refractivity contribution >= 4 is 28.4 Å². The van der Waals surface area contributed by atoms with E-state index in [-0.39, 0.29) is 17.9 Å². The van der Waals surface area contributed by atoms with E-state index in [0.717, 1.165) is 33.9 Å². The van der Waals surface area contributed by atoms with Gasteiger partial charge in [0, 0.05) is 42.5 Å². The fraction of sp³-hybridized carbons (Fsp3) is 0.333. The molecule has 1 fully saturated rings. The van der Waals surface area contributed by atoms with Crippen molar-refractivity contribution in [1.29, 1.82) is 0 Å². The van der Waals surface area contributed by atoms with Crippen LogP contribution in [0.25, 0.3) is 16.6 Å². The Morgan fingerprint density at radius 2 is 1.74 bits per heavy atom. The van der Waals surface area contributed by atoms with Gasteiger partial charge in [0.2, 0.25) is 5.95 Å². The fourth-order valence-electron chi connectivity index (χ4n) is 4.36. The maximum atomic E-state index is 13.0. The summed E-state index contributed by atoms with van der Waals surface area (Å²) in [5.74, 6) is 2.05. The summed E-state index contributed by atoms with van der Waals surface area (Å²) in [7, 11) is 0. The van der Waals surface area contributed by atoms with Gasteiger partial charge in [-0.1, -0.05) is 44.2 Å². The molecule has 31 heavy (non-hydrogen) atoms. The van der Waals surface area contributed by atoms with E-state index < -0.39 is 0 Å². The first-order valence-corrected chi connectivity index (χ1v) is 10.8. The van der Waals surface area contributed by atoms with Crippen molar-refractivity contribution in [2.45, 2.75) is 32.7 Å². The molecule has 1 saturated heterocycles. The van der Waals surface area contributed by atoms with Gasteiger partial charge in [0.05, 0.1) is 5.52 Å². The van der Waals surface area contributed by atoms with Gasteiger partial charge in [-0.15, -0.1) is 10.2 Å². The normalized spacial score (nSPS) is 17.1. The van der Waals surface area contributed by atoms with Crippen LogP contribution in [0.2, 0.25) is 0 Å². The number of amides is 1. The topological polar surface area (TPSA) is 66.6 Å². The van der Waals surface area contributed by atoms with Crippen LogP contribution in [0.1, 0.15) is 42.9 Å². The van der Waals surface area contributed by atoms with Crippen LogP contribution in [0.15, 0.2) is 54.6 Å². The molecule has 0 radical (unpaired) electrons. The van der Waals surface area contributed by atoms with Crippen molar-refractivity contribution in [2.24, 2.45) is 0 Å². The Morgan fingerprint density at radius 3 is 2.48 bits per heavy atom. The van der Waals surface area contributed by atoms with Gasteiger partial charge in [-0.3, -0.25) is 4.79 Å². The number of fused-ring (bicyclic) bond motifs is 3. The number of hydrogen-bond acceptors (Lipinski definition) is 5. The van der Waals surface area contributed by atoms with Gasteiger partial charge < -0.3 is 9.80 Å². The molecule has 1 amide bonds. The average molecular weight is 415 g/mol. The van der Waals surface area contributed by atoms with Crippen LogP contribution < -0.4 is 4.90 Å². The molecular weight excluding hydrogens is 388 g/mol. The summed E-state index contributed by atoms with van der Waals surface area (Å²) < 4.78 is 2.09. The highest BCUT2D eigenvalue weighted by Crippen LogP contribution is 2.28. The highest BCUT2D eigenvalue weighted by Gasteiger charge is 2.31. The van der Waals surface area contributed by atoms with Crippen molar-refractivity contribution in [3.05, 3.63) is 66.0 Å². The molecule has 0 bridgehead atoms. The molecule has 3 heterocycles. The van der Waals surface area contributed by atoms with Crippen molar-refractivity contribution in [3.8, 4) is 0 Å². The molecule has 7 nitrogen and oxygen atoms in total. The molecule has 0 saturated carbocycles. The second-order valence-corrected chi connectivity index (χ2v) is 8.46. The molecule has 1 aliphatic rings. The minimum absolute atomic E-state index is 0.0590. The summed E-state index contributed by atoms with van der Waals surface area (Å²) in [6.45, 7) is 8.39. The largest absolute Gasteiger partial charge is 0.338 e. The summed E-state index contributed by atoms with van der Waals surface area (Å²) in [6.07, 6.45) is 0. The molecule has 158 valence electrons. The number of hydrogen-bond donors (Lipinski definition) is 0. The zero-order valence-corrected chi connectivity index (χ0v) is 18.1. The zero-order valence-electron chi connectivity index (χ0n) is 18.1. The SMILES string of the molecule is CC(C)c1nnc2c3ccccc3nc(N3CCN(C(=O)c4ccccc4)C(C)C3)n12. The van der Waals surface area contributed by atoms with Crippen molar-refractivity contribution in [3.63, 3.8) is 0 Å². The molecular formula is C24H26N6O. The first-order chi connectivity index (χ1) is 15.0. The predicted octanol–water partition coefficient (Wildman–Crippen LogP) is 3.75. The molecule has 2 aromatic carbocycles. The maximum absolute atomic E-state index is 13.0. The van der Waals surface area contributed by atoms with Crippen molar-refractivity contribution in [1.82, 2.24) is 24.5 Å². The lowest BCUT2D eigenvalue weighted by Crippen LogP contribution is -2.54. The van der Waals surface area contributed by atoms with E-state index >= 15 is 0 Å². The van der Waals surface area contributed by atoms with E-state index in [1.807, 2.05) is 59.5 Å². The lowest BCUT2D eigenvalue weighted by Gasteiger charge is -2.40. The number of para-hydroxylation sites is 1. The second kappa shape index (κ2) is 7.65. The Hall–Kier alpha value is -3.48. The predicted molar refractivity (Wildman–Crippen MR) is 122 cm³/mol. The van der Waals surface area contributed by atoms with Crippen LogP contribution in [-0.4, -0.2) is 56.1 Å². The lowest BCUT2D eigenvalue weighted by molar-refractivity contribution is 0.0673. The average Bonchev–Trinajstić information content (AvgIpc) is 3.24. The molecule has 2 aromatic heterocycles. The standard InChI is InChI=1S/C24H26N6O/c1-16(2)21-26-27-22-19-11-7-8-12-20(19)25-24(30(21)22)28-13-14-29(17(3)15-28)23(31)18-9-5-4-6-10-18/h4-12,16-17H,13-15H2,1-3H3. The lowest BCUT2D eigenvalue weighted by atomic mass is 10.1. The van der Waals surface area contributed by atoms with Crippen LogP contribution in [0, 0.1) is 0 Å². The summed E-state index contributed by atoms with van der Waals surface area (Å²) in [5, 5.41) is 9.99. The van der Waals surface area contributed by atoms with Gasteiger partial charge in [0.1, 0.15) is 5.82 Å². The molecule has 0 spiro atoms. The van der Waals surface area contributed by atoms with Crippen LogP contribution in [0.5, 0.6) is 0 Å². The van der Waals surface area contributed by atoms with E-state index in [1.54, 1.807) is 0 Å². The molecule has 1 unspecified atom stereocenters. The van der Waals surface area contributed by atoms with E-state index in [0.29, 0.717) is 19.6 Å². The second-order valence-electron chi connectivity index (χ2n) is 8.46. The van der Waals surface area contributed by atoms with Gasteiger partial charge in [-0.05, 0) is 31.2 Å². The van der Waals surface area contributed by atoms with Gasteiger partial charge in [-0.2, -0.15) is 0 Å². The van der Waals surface area contributed by atoms with Crippen LogP contribution in [0.3, 0.4) is 0 Å². The summed E-state index contributed by atoms with van der Waals surface area (Å²) >= 11 is 0. The van der Waals surface area contributed by atoms with E-state index in [9.17, 15) is 4.79 Å². The Bertz CT molecular complexity index is 1250. The van der Waals surface area contributed by atoms with Gasteiger partial charge in [-0.25, -0.2) is 9.38 Å². The number of carbonyl (C=O) groups excluding carboxylic acids is 1. The summed E-state index contributed by atoms with van der Waals surface area (Å²) in [5.41, 5.74) is 2.47. The van der Waals surface area contributed by atoms with E-state index in [2.05, 4.69) is 40.3 Å². The third-order valence-corrected chi connectivity index (χ3v) is 5.96. The van der Waals surface area contributed by atoms with Crippen LogP contribution in [0.4, 0.5) is 5.95 Å². The van der Waals surface area contributed by atoms with Crippen LogP contribution >= 0.6 is 0 Å². The quantitative estimate of drug-likeness (QED) is 0.511. The first-order valence-electron chi connectivity index (χ1n) is 10.8. The monoisotopic (exact) mass is 414 g/mol. The molecule has 0 aliphatic carbocycles. The highest BCUT2D eigenvalue weighted by atomic mass is 16.2. The molecule has 1 aliphatic heterocycles. The third-order valence-electron chi connectivity index (χ3n) is 5.96. The number of piperazine rings is 1. The fourth-order valence-corrected chi connectivity index (χ4v) is 4.36.